The van der Waals surface area contributed by atoms with Gasteiger partial charge in [0.15, 0.2) is 6.10 Å². The third-order valence-corrected chi connectivity index (χ3v) is 9.78. The van der Waals surface area contributed by atoms with Gasteiger partial charge < -0.3 is 34.8 Å². The molecule has 6 atom stereocenters. The Morgan fingerprint density at radius 1 is 1.00 bits per heavy atom. The third kappa shape index (κ3) is 16.1. The number of aliphatic hydroxyl groups excluding tert-OH is 1. The normalized spacial score (nSPS) is 14.5. The summed E-state index contributed by atoms with van der Waals surface area (Å²) in [6.45, 7) is 15.4. The van der Waals surface area contributed by atoms with Gasteiger partial charge in [-0.15, -0.1) is 11.3 Å². The van der Waals surface area contributed by atoms with E-state index in [9.17, 15) is 39.0 Å². The molecule has 2 rings (SSSR count). The lowest BCUT2D eigenvalue weighted by Crippen LogP contribution is -2.48. The van der Waals surface area contributed by atoms with Gasteiger partial charge in [-0.25, -0.2) is 4.98 Å². The highest BCUT2D eigenvalue weighted by molar-refractivity contribution is 7.09. The van der Waals surface area contributed by atoms with E-state index in [4.69, 9.17) is 4.74 Å². The van der Waals surface area contributed by atoms with Gasteiger partial charge in [-0.05, 0) is 43.1 Å². The average molecular weight is 746 g/mol. The molecule has 3 N–H and O–H groups in total. The second-order valence-electron chi connectivity index (χ2n) is 14.2. The van der Waals surface area contributed by atoms with Crippen LogP contribution in [0.1, 0.15) is 122 Å². The van der Waals surface area contributed by atoms with Crippen LogP contribution in [0.25, 0.3) is 0 Å². The Hall–Kier alpha value is -3.97. The van der Waals surface area contributed by atoms with Crippen molar-refractivity contribution in [1.29, 1.82) is 0 Å². The smallest absolute Gasteiger partial charge is 0.306 e. The molecule has 0 spiro atoms. The van der Waals surface area contributed by atoms with Crippen LogP contribution in [0.5, 0.6) is 0 Å². The highest BCUT2D eigenvalue weighted by atomic mass is 32.1. The Kier molecular flexibility index (Phi) is 20.9. The van der Waals surface area contributed by atoms with Crippen LogP contribution in [0.3, 0.4) is 0 Å². The topological polar surface area (TPSA) is 180 Å². The van der Waals surface area contributed by atoms with Crippen molar-refractivity contribution in [3.63, 3.8) is 0 Å². The van der Waals surface area contributed by atoms with Crippen LogP contribution in [-0.2, 0) is 35.1 Å². The molecule has 0 radical (unpaired) electrons. The van der Waals surface area contributed by atoms with E-state index in [-0.39, 0.29) is 48.5 Å². The molecule has 0 saturated carbocycles. The minimum absolute atomic E-state index is 0.0595. The number of aliphatic carboxylic acids is 1. The number of hydrogen-bond acceptors (Lipinski definition) is 10. The number of nitrogens with one attached hydrogen (secondary N) is 1. The maximum atomic E-state index is 13.7. The van der Waals surface area contributed by atoms with E-state index < -0.39 is 54.6 Å². The molecule has 0 aliphatic heterocycles. The first-order chi connectivity index (χ1) is 24.4. The summed E-state index contributed by atoms with van der Waals surface area (Å²) in [6, 6.07) is 8.40. The second-order valence-corrected chi connectivity index (χ2v) is 15.1. The zero-order valence-electron chi connectivity index (χ0n) is 32.2. The lowest BCUT2D eigenvalue weighted by atomic mass is 9.85. The van der Waals surface area contributed by atoms with E-state index in [1.807, 2.05) is 71.9 Å². The molecule has 12 nitrogen and oxygen atoms in total. The number of aliphatic hydroxyl groups is 1. The molecule has 1 heterocycles. The Morgan fingerprint density at radius 3 is 2.10 bits per heavy atom. The van der Waals surface area contributed by atoms with Crippen molar-refractivity contribution in [2.75, 3.05) is 6.73 Å². The van der Waals surface area contributed by atoms with Crippen LogP contribution < -0.4 is 5.32 Å². The number of aldehydes is 1. The lowest BCUT2D eigenvalue weighted by molar-refractivity contribution is -0.152. The van der Waals surface area contributed by atoms with Gasteiger partial charge >= 0.3 is 11.9 Å². The van der Waals surface area contributed by atoms with Gasteiger partial charge in [0, 0.05) is 49.6 Å². The number of hydrogen-bond donors (Lipinski definition) is 3. The predicted octanol–water partition coefficient (Wildman–Crippen LogP) is 6.27. The summed E-state index contributed by atoms with van der Waals surface area (Å²) < 4.78 is 5.66. The number of carboxylic acid groups (broad SMARTS) is 1. The Labute approximate surface area is 312 Å². The van der Waals surface area contributed by atoms with Gasteiger partial charge in [-0.3, -0.25) is 19.2 Å². The summed E-state index contributed by atoms with van der Waals surface area (Å²) in [6.07, 6.45) is 2.22. The quantitative estimate of drug-likeness (QED) is 0.0750. The third-order valence-electron chi connectivity index (χ3n) is 8.84. The number of ether oxygens (including phenoxy) is 1. The van der Waals surface area contributed by atoms with Crippen LogP contribution >= 0.6 is 11.3 Å². The summed E-state index contributed by atoms with van der Waals surface area (Å²) in [7, 11) is 0. The van der Waals surface area contributed by atoms with E-state index in [0.29, 0.717) is 30.2 Å². The predicted molar refractivity (Wildman–Crippen MR) is 200 cm³/mol. The molecule has 52 heavy (non-hydrogen) atoms. The molecule has 0 saturated heterocycles. The molecule has 1 aromatic carbocycles. The van der Waals surface area contributed by atoms with E-state index in [1.54, 1.807) is 12.3 Å². The van der Waals surface area contributed by atoms with Crippen molar-refractivity contribution in [2.45, 2.75) is 119 Å². The molecule has 0 fully saturated rings. The number of ketones is 1. The number of aromatic nitrogens is 1. The first kappa shape index (κ1) is 46.1. The van der Waals surface area contributed by atoms with Crippen LogP contribution in [-0.4, -0.2) is 74.7 Å². The molecule has 0 bridgehead atoms. The van der Waals surface area contributed by atoms with Crippen LogP contribution in [0.4, 0.5) is 0 Å². The number of Topliss-reactive ketones (excluding diaryl/α,β-unsaturated/α-hetero) is 1. The number of carboxylic acids is 1. The fraction of sp³-hybridized carbons (Fsp3) is 0.615. The molecule has 2 aromatic rings. The monoisotopic (exact) mass is 745 g/mol. The number of nitrogens with zero attached hydrogens (tertiary/aromatic N) is 2. The minimum atomic E-state index is -0.959. The number of benzene rings is 1. The summed E-state index contributed by atoms with van der Waals surface area (Å²) in [5, 5.41) is 24.7. The fourth-order valence-corrected chi connectivity index (χ4v) is 6.51. The molecular formula is C39H59N3O9S. The number of amides is 2. The van der Waals surface area contributed by atoms with E-state index in [0.717, 1.165) is 23.2 Å². The van der Waals surface area contributed by atoms with Gasteiger partial charge in [0.05, 0.1) is 5.92 Å². The maximum Gasteiger partial charge on any atom is 0.306 e. The summed E-state index contributed by atoms with van der Waals surface area (Å²) in [4.78, 5) is 78.3. The molecule has 1 aromatic heterocycles. The van der Waals surface area contributed by atoms with Crippen molar-refractivity contribution < 1.29 is 43.7 Å². The molecule has 2 amide bonds. The van der Waals surface area contributed by atoms with Gasteiger partial charge in [-0.1, -0.05) is 85.2 Å². The van der Waals surface area contributed by atoms with Crippen LogP contribution in [0.2, 0.25) is 0 Å². The summed E-state index contributed by atoms with van der Waals surface area (Å²) >= 11 is 1.13. The molecule has 0 aliphatic carbocycles. The number of thiazole rings is 1. The Bertz CT molecular complexity index is 1430. The van der Waals surface area contributed by atoms with Gasteiger partial charge in [0.25, 0.3) is 5.91 Å². The highest BCUT2D eigenvalue weighted by Crippen LogP contribution is 2.32. The van der Waals surface area contributed by atoms with Crippen molar-refractivity contribution in [3.8, 4) is 0 Å². The van der Waals surface area contributed by atoms with Crippen molar-refractivity contribution in [2.24, 2.45) is 29.6 Å². The largest absolute Gasteiger partial charge is 0.481 e. The van der Waals surface area contributed by atoms with Crippen molar-refractivity contribution >= 4 is 47.2 Å². The van der Waals surface area contributed by atoms with Gasteiger partial charge in [0.1, 0.15) is 29.5 Å². The standard InChI is InChI=1S/C34H49N3O8S.C5H10O/c1-8-21(4)27(15-23(6)39)33(42)37(19-38)29(20(2)3)17-30(45-24(7)40)32-36-28(18-46-32)31(41)35-26(14-22(5)34(43)44)16-25-12-10-9-11-13-25;1-5(2)3-4-6/h9-13,18,20-22,26-27,29-30,38H,8,14-17,19H2,1-7H3,(H,35,41)(H,43,44);4-5H,3H2,1-2H3/t21-,22-,26+,27-,29+,30+;/m0./s1. The minimum Gasteiger partial charge on any atom is -0.481 e. The zero-order chi connectivity index (χ0) is 39.5. The summed E-state index contributed by atoms with van der Waals surface area (Å²) in [5.41, 5.74) is 1.04. The van der Waals surface area contributed by atoms with E-state index in [2.05, 4.69) is 10.3 Å². The first-order valence-corrected chi connectivity index (χ1v) is 18.9. The SMILES string of the molecule is CC(C)CC=O.CC[C@H](C)[C@H](CC(C)=O)C(=O)N(CO)[C@H](C[C@@H](OC(C)=O)c1nc(C(=O)N[C@@H](Cc2ccccc2)C[C@H](C)C(=O)O)cs1)C(C)C. The fourth-order valence-electron chi connectivity index (χ4n) is 5.67. The number of rotatable bonds is 21. The molecule has 0 aliphatic rings. The van der Waals surface area contributed by atoms with Crippen molar-refractivity contribution in [3.05, 3.63) is 52.0 Å². The summed E-state index contributed by atoms with van der Waals surface area (Å²) in [5.74, 6) is -3.50. The number of carbonyl (C=O) groups excluding carboxylic acids is 5. The number of esters is 1. The second kappa shape index (κ2) is 23.6. The zero-order valence-corrected chi connectivity index (χ0v) is 33.0. The Balaban J connectivity index is 0.00000206. The van der Waals surface area contributed by atoms with E-state index in [1.165, 1.54) is 18.7 Å². The number of carbonyl (C=O) groups is 6. The maximum absolute atomic E-state index is 13.7. The van der Waals surface area contributed by atoms with Gasteiger partial charge in [-0.2, -0.15) is 0 Å². The van der Waals surface area contributed by atoms with E-state index >= 15 is 0 Å². The highest BCUT2D eigenvalue weighted by Gasteiger charge is 2.37. The van der Waals surface area contributed by atoms with Gasteiger partial charge in [0.2, 0.25) is 5.91 Å². The van der Waals surface area contributed by atoms with Crippen molar-refractivity contribution in [1.82, 2.24) is 15.2 Å². The lowest BCUT2D eigenvalue weighted by Gasteiger charge is -2.37. The molecule has 0 unspecified atom stereocenters. The van der Waals surface area contributed by atoms with Crippen LogP contribution in [0.15, 0.2) is 35.7 Å². The first-order valence-electron chi connectivity index (χ1n) is 18.0. The Morgan fingerprint density at radius 2 is 1.63 bits per heavy atom. The average Bonchev–Trinajstić information content (AvgIpc) is 3.57. The molecule has 13 heteroatoms. The molecular weight excluding hydrogens is 687 g/mol. The molecule has 290 valence electrons. The van der Waals surface area contributed by atoms with Crippen LogP contribution in [0, 0.1) is 29.6 Å².